The van der Waals surface area contributed by atoms with Crippen molar-refractivity contribution in [3.8, 4) is 0 Å². The zero-order chi connectivity index (χ0) is 29.2. The van der Waals surface area contributed by atoms with Crippen molar-refractivity contribution in [2.24, 2.45) is 5.73 Å². The van der Waals surface area contributed by atoms with Gasteiger partial charge in [-0.3, -0.25) is 4.79 Å². The molecule has 1 fully saturated rings. The number of benzene rings is 3. The lowest BCUT2D eigenvalue weighted by molar-refractivity contribution is -0.118. The van der Waals surface area contributed by atoms with Crippen molar-refractivity contribution < 1.29 is 27.8 Å². The first-order chi connectivity index (χ1) is 19.8. The van der Waals surface area contributed by atoms with Gasteiger partial charge in [0, 0.05) is 35.8 Å². The first-order valence-corrected chi connectivity index (χ1v) is 13.7. The normalized spacial score (nSPS) is 17.4. The largest absolute Gasteiger partial charge is 0.448 e. The molecule has 1 aliphatic rings. The van der Waals surface area contributed by atoms with E-state index in [9.17, 15) is 18.4 Å². The summed E-state index contributed by atoms with van der Waals surface area (Å²) in [6.07, 6.45) is 0.392. The molecular weight excluding hydrogens is 554 g/mol. The Kier molecular flexibility index (Phi) is 10.9. The summed E-state index contributed by atoms with van der Waals surface area (Å²) in [6, 6.07) is 16.7. The number of anilines is 1. The molecule has 0 aliphatic carbocycles. The van der Waals surface area contributed by atoms with Crippen molar-refractivity contribution in [2.45, 2.75) is 44.0 Å². The molecule has 5 N–H and O–H groups in total. The van der Waals surface area contributed by atoms with Crippen LogP contribution >= 0.6 is 11.6 Å². The number of amides is 2. The maximum Gasteiger partial charge on any atom is 0.407 e. The average molecular weight is 587 g/mol. The van der Waals surface area contributed by atoms with Crippen molar-refractivity contribution in [3.05, 3.63) is 100 Å². The van der Waals surface area contributed by atoms with E-state index >= 15 is 0 Å². The Morgan fingerprint density at radius 2 is 1.88 bits per heavy atom. The first kappa shape index (κ1) is 30.2. The Morgan fingerprint density at radius 3 is 2.59 bits per heavy atom. The third-order valence-corrected chi connectivity index (χ3v) is 7.19. The quantitative estimate of drug-likeness (QED) is 0.251. The number of primary amides is 1. The summed E-state index contributed by atoms with van der Waals surface area (Å²) >= 11 is 6.26. The molecule has 3 atom stereocenters. The van der Waals surface area contributed by atoms with Crippen LogP contribution < -0.4 is 21.7 Å². The minimum Gasteiger partial charge on any atom is -0.448 e. The molecule has 0 bridgehead atoms. The molecule has 0 unspecified atom stereocenters. The Labute approximate surface area is 242 Å². The van der Waals surface area contributed by atoms with Crippen LogP contribution in [0.1, 0.15) is 23.1 Å². The number of carbonyl (C=O) groups excluding carboxylic acids is 2. The van der Waals surface area contributed by atoms with Gasteiger partial charge in [-0.05, 0) is 54.3 Å². The van der Waals surface area contributed by atoms with Crippen molar-refractivity contribution in [1.82, 2.24) is 10.6 Å². The van der Waals surface area contributed by atoms with E-state index in [0.717, 1.165) is 11.1 Å². The number of hydrogen-bond acceptors (Lipinski definition) is 6. The third kappa shape index (κ3) is 9.14. The molecule has 218 valence electrons. The summed E-state index contributed by atoms with van der Waals surface area (Å²) in [5.41, 5.74) is 8.09. The first-order valence-electron chi connectivity index (χ1n) is 13.3. The molecule has 0 spiro atoms. The minimum absolute atomic E-state index is 0.114. The number of alkyl carbamates (subject to hydrolysis) is 1. The van der Waals surface area contributed by atoms with Gasteiger partial charge in [0.15, 0.2) is 0 Å². The SMILES string of the molecule is NC(=O)[C@H](Cc1ccccc1Cl)Nc1cccc(F)c1CC[C@@H]1CN[C@H](COC(=O)NCc2ccc(F)cc2)CO1. The number of carbonyl (C=O) groups is 2. The van der Waals surface area contributed by atoms with Crippen LogP contribution in [0.3, 0.4) is 0 Å². The number of halogens is 3. The Morgan fingerprint density at radius 1 is 1.10 bits per heavy atom. The summed E-state index contributed by atoms with van der Waals surface area (Å²) in [5, 5.41) is 9.55. The monoisotopic (exact) mass is 586 g/mol. The number of nitrogens with one attached hydrogen (secondary N) is 3. The lowest BCUT2D eigenvalue weighted by Crippen LogP contribution is -2.49. The van der Waals surface area contributed by atoms with Gasteiger partial charge in [0.05, 0.1) is 18.8 Å². The van der Waals surface area contributed by atoms with Crippen molar-refractivity contribution in [2.75, 3.05) is 25.1 Å². The fraction of sp³-hybridized carbons (Fsp3) is 0.333. The van der Waals surface area contributed by atoms with E-state index < -0.39 is 23.9 Å². The molecule has 0 radical (unpaired) electrons. The number of rotatable bonds is 12. The van der Waals surface area contributed by atoms with Gasteiger partial charge in [-0.1, -0.05) is 48.0 Å². The maximum atomic E-state index is 14.9. The molecule has 41 heavy (non-hydrogen) atoms. The zero-order valence-electron chi connectivity index (χ0n) is 22.4. The van der Waals surface area contributed by atoms with Gasteiger partial charge in [0.25, 0.3) is 0 Å². The van der Waals surface area contributed by atoms with Gasteiger partial charge < -0.3 is 31.2 Å². The maximum absolute atomic E-state index is 14.9. The van der Waals surface area contributed by atoms with E-state index in [-0.39, 0.29) is 37.5 Å². The lowest BCUT2D eigenvalue weighted by Gasteiger charge is -2.30. The predicted octanol–water partition coefficient (Wildman–Crippen LogP) is 4.34. The zero-order valence-corrected chi connectivity index (χ0v) is 23.1. The fourth-order valence-corrected chi connectivity index (χ4v) is 4.72. The predicted molar refractivity (Wildman–Crippen MR) is 153 cm³/mol. The number of hydrogen-bond donors (Lipinski definition) is 4. The molecule has 4 rings (SSSR count). The van der Waals surface area contributed by atoms with Crippen molar-refractivity contribution >= 4 is 29.3 Å². The standard InChI is InChI=1S/C30H33ClF2N4O4/c31-25-5-2-1-4-20(25)14-28(29(34)38)37-27-7-3-6-26(33)24(27)13-12-23-16-35-22(17-40-23)18-41-30(39)36-15-19-8-10-21(32)11-9-19/h1-11,22-23,28,35,37H,12-18H2,(H2,34,38)(H,36,39)/t22-,23+,28-/m0/s1. The van der Waals surface area contributed by atoms with Crippen LogP contribution in [0.15, 0.2) is 66.7 Å². The van der Waals surface area contributed by atoms with Gasteiger partial charge >= 0.3 is 6.09 Å². The molecule has 3 aromatic rings. The smallest absolute Gasteiger partial charge is 0.407 e. The summed E-state index contributed by atoms with van der Waals surface area (Å²) in [7, 11) is 0. The second-order valence-electron chi connectivity index (χ2n) is 9.84. The average Bonchev–Trinajstić information content (AvgIpc) is 2.96. The van der Waals surface area contributed by atoms with Crippen LogP contribution in [0.4, 0.5) is 19.3 Å². The summed E-state index contributed by atoms with van der Waals surface area (Å²) < 4.78 is 39.1. The van der Waals surface area contributed by atoms with Crippen LogP contribution in [0.2, 0.25) is 5.02 Å². The van der Waals surface area contributed by atoms with E-state index in [1.54, 1.807) is 36.4 Å². The highest BCUT2D eigenvalue weighted by molar-refractivity contribution is 6.31. The van der Waals surface area contributed by atoms with Gasteiger partial charge in [-0.25, -0.2) is 13.6 Å². The van der Waals surface area contributed by atoms with Crippen molar-refractivity contribution in [3.63, 3.8) is 0 Å². The fourth-order valence-electron chi connectivity index (χ4n) is 4.51. The van der Waals surface area contributed by atoms with Gasteiger partial charge in [-0.15, -0.1) is 0 Å². The summed E-state index contributed by atoms with van der Waals surface area (Å²) in [6.45, 7) is 1.16. The van der Waals surface area contributed by atoms with Crippen LogP contribution in [0.25, 0.3) is 0 Å². The molecule has 8 nitrogen and oxygen atoms in total. The molecule has 11 heteroatoms. The van der Waals surface area contributed by atoms with E-state index in [4.69, 9.17) is 26.8 Å². The molecule has 0 saturated carbocycles. The molecule has 1 saturated heterocycles. The second-order valence-corrected chi connectivity index (χ2v) is 10.2. The molecule has 0 aromatic heterocycles. The highest BCUT2D eigenvalue weighted by Gasteiger charge is 2.24. The molecule has 1 heterocycles. The lowest BCUT2D eigenvalue weighted by atomic mass is 10.0. The molecule has 3 aromatic carbocycles. The minimum atomic E-state index is -0.781. The number of morpholine rings is 1. The molecule has 2 amide bonds. The molecular formula is C30H33ClF2N4O4. The van der Waals surface area contributed by atoms with Crippen LogP contribution in [-0.4, -0.2) is 49.9 Å². The van der Waals surface area contributed by atoms with E-state index in [1.165, 1.54) is 18.2 Å². The van der Waals surface area contributed by atoms with Gasteiger partial charge in [-0.2, -0.15) is 0 Å². The van der Waals surface area contributed by atoms with Crippen LogP contribution in [0.5, 0.6) is 0 Å². The number of nitrogens with two attached hydrogens (primary N) is 1. The Balaban J connectivity index is 1.23. The van der Waals surface area contributed by atoms with E-state index in [0.29, 0.717) is 42.3 Å². The van der Waals surface area contributed by atoms with Crippen LogP contribution in [-0.2, 0) is 33.7 Å². The second kappa shape index (κ2) is 14.8. The van der Waals surface area contributed by atoms with Crippen LogP contribution in [0, 0.1) is 11.6 Å². The Bertz CT molecular complexity index is 1320. The van der Waals surface area contributed by atoms with Gasteiger partial charge in [0.1, 0.15) is 24.3 Å². The molecule has 1 aliphatic heterocycles. The van der Waals surface area contributed by atoms with Gasteiger partial charge in [0.2, 0.25) is 5.91 Å². The summed E-state index contributed by atoms with van der Waals surface area (Å²) in [4.78, 5) is 24.2. The number of ether oxygens (including phenoxy) is 2. The van der Waals surface area contributed by atoms with E-state index in [1.807, 2.05) is 12.1 Å². The highest BCUT2D eigenvalue weighted by Crippen LogP contribution is 2.25. The Hall–Kier alpha value is -3.73. The summed E-state index contributed by atoms with van der Waals surface area (Å²) in [5.74, 6) is -1.31. The van der Waals surface area contributed by atoms with Crippen molar-refractivity contribution in [1.29, 1.82) is 0 Å². The highest BCUT2D eigenvalue weighted by atomic mass is 35.5. The third-order valence-electron chi connectivity index (χ3n) is 6.82. The van der Waals surface area contributed by atoms with E-state index in [2.05, 4.69) is 16.0 Å². The topological polar surface area (TPSA) is 115 Å².